The lowest BCUT2D eigenvalue weighted by atomic mass is 9.93. The highest BCUT2D eigenvalue weighted by Gasteiger charge is 2.41. The molecule has 1 fully saturated rings. The fraction of sp³-hybridized carbons (Fsp3) is 0.150. The molecule has 1 nitrogen and oxygen atoms in total. The van der Waals surface area contributed by atoms with Gasteiger partial charge in [-0.2, -0.15) is 26.3 Å². The van der Waals surface area contributed by atoms with E-state index in [0.29, 0.717) is 17.0 Å². The molecule has 1 aliphatic carbocycles. The van der Waals surface area contributed by atoms with E-state index in [1.54, 1.807) is 24.3 Å². The molecule has 28 heavy (non-hydrogen) atoms. The Morgan fingerprint density at radius 3 is 1.82 bits per heavy atom. The van der Waals surface area contributed by atoms with Gasteiger partial charge in [-0.25, -0.2) is 0 Å². The summed E-state index contributed by atoms with van der Waals surface area (Å²) in [6.07, 6.45) is -5.65. The third kappa shape index (κ3) is 4.42. The molecule has 0 saturated heterocycles. The largest absolute Gasteiger partial charge is 0.416 e. The first-order valence-corrected chi connectivity index (χ1v) is 9.16. The van der Waals surface area contributed by atoms with Gasteiger partial charge in [0.2, 0.25) is 0 Å². The highest BCUT2D eigenvalue weighted by atomic mass is 32.2. The molecule has 0 N–H and O–H groups in total. The molecule has 0 heterocycles. The van der Waals surface area contributed by atoms with Crippen molar-refractivity contribution in [3.8, 4) is 0 Å². The first-order chi connectivity index (χ1) is 13.0. The van der Waals surface area contributed by atoms with Crippen LogP contribution in [-0.2, 0) is 23.2 Å². The first kappa shape index (κ1) is 20.9. The summed E-state index contributed by atoms with van der Waals surface area (Å²) in [5, 5.41) is 0.149. The third-order valence-corrected chi connectivity index (χ3v) is 5.57. The van der Waals surface area contributed by atoms with Gasteiger partial charge in [0.25, 0.3) is 0 Å². The van der Waals surface area contributed by atoms with E-state index < -0.39 is 34.3 Å². The molecule has 1 aliphatic rings. The average molecular weight is 415 g/mol. The van der Waals surface area contributed by atoms with E-state index in [4.69, 9.17) is 0 Å². The van der Waals surface area contributed by atoms with Gasteiger partial charge in [0.05, 0.1) is 27.2 Å². The first-order valence-electron chi connectivity index (χ1n) is 8.01. The van der Waals surface area contributed by atoms with E-state index in [2.05, 4.69) is 0 Å². The predicted molar refractivity (Wildman–Crippen MR) is 92.5 cm³/mol. The van der Waals surface area contributed by atoms with Crippen molar-refractivity contribution in [3.05, 3.63) is 95.1 Å². The molecule has 3 rings (SSSR count). The Hall–Kier alpha value is -1.83. The van der Waals surface area contributed by atoms with Crippen molar-refractivity contribution >= 4 is 10.8 Å². The molecule has 0 amide bonds. The lowest BCUT2D eigenvalue weighted by Crippen LogP contribution is -2.16. The number of hydrogen-bond acceptors (Lipinski definition) is 1. The molecular formula is C20H13F6OS. The van der Waals surface area contributed by atoms with E-state index in [1.165, 1.54) is 19.3 Å². The molecule has 0 unspecified atom stereocenters. The summed E-state index contributed by atoms with van der Waals surface area (Å²) >= 11 is 0. The molecule has 147 valence electrons. The Bertz CT molecular complexity index is 837. The fourth-order valence-corrected chi connectivity index (χ4v) is 3.93. The number of aryl methyl sites for hydroxylation is 1. The number of halogens is 6. The number of hydrogen-bond donors (Lipinski definition) is 0. The highest BCUT2D eigenvalue weighted by Crippen LogP contribution is 2.45. The maximum absolute atomic E-state index is 13.1. The van der Waals surface area contributed by atoms with E-state index in [1.807, 2.05) is 6.92 Å². The number of alkyl halides is 6. The third-order valence-electron chi connectivity index (χ3n) is 4.11. The lowest BCUT2D eigenvalue weighted by Gasteiger charge is -2.21. The Kier molecular flexibility index (Phi) is 5.62. The predicted octanol–water partition coefficient (Wildman–Crippen LogP) is 5.92. The molecule has 0 aromatic heterocycles. The van der Waals surface area contributed by atoms with Crippen LogP contribution in [0.1, 0.15) is 22.3 Å². The Labute approximate surface area is 161 Å². The van der Waals surface area contributed by atoms with Crippen LogP contribution >= 0.6 is 0 Å². The van der Waals surface area contributed by atoms with Crippen LogP contribution in [0.2, 0.25) is 0 Å². The molecule has 0 spiro atoms. The van der Waals surface area contributed by atoms with Crippen molar-refractivity contribution in [1.29, 1.82) is 0 Å². The maximum atomic E-state index is 13.1. The second-order valence-electron chi connectivity index (χ2n) is 6.18. The Morgan fingerprint density at radius 1 is 0.786 bits per heavy atom. The SMILES string of the molecule is Cc1ccc([S@](=O)[C]2[CH][CH][CH][C]2c2cc(C(F)(F)F)cc(C(F)(F)F)c2)cc1. The second-order valence-corrected chi connectivity index (χ2v) is 7.63. The summed E-state index contributed by atoms with van der Waals surface area (Å²) in [7, 11) is -1.75. The lowest BCUT2D eigenvalue weighted by molar-refractivity contribution is -0.143. The van der Waals surface area contributed by atoms with Gasteiger partial charge in [-0.15, -0.1) is 0 Å². The summed E-state index contributed by atoms with van der Waals surface area (Å²) in [5.74, 6) is 0.0653. The van der Waals surface area contributed by atoms with E-state index in [0.717, 1.165) is 5.56 Å². The van der Waals surface area contributed by atoms with Crippen molar-refractivity contribution in [2.24, 2.45) is 0 Å². The van der Waals surface area contributed by atoms with Crippen molar-refractivity contribution in [2.45, 2.75) is 24.2 Å². The number of benzene rings is 2. The topological polar surface area (TPSA) is 17.1 Å². The zero-order chi connectivity index (χ0) is 20.7. The highest BCUT2D eigenvalue weighted by molar-refractivity contribution is 7.88. The van der Waals surface area contributed by atoms with Gasteiger partial charge in [-0.3, -0.25) is 4.21 Å². The van der Waals surface area contributed by atoms with E-state index in [-0.39, 0.29) is 22.8 Å². The zero-order valence-electron chi connectivity index (χ0n) is 14.4. The quantitative estimate of drug-likeness (QED) is 0.569. The molecule has 5 radical (unpaired) electrons. The molecule has 2 aromatic carbocycles. The van der Waals surface area contributed by atoms with Gasteiger partial charge in [0.1, 0.15) is 0 Å². The van der Waals surface area contributed by atoms with E-state index in [9.17, 15) is 30.6 Å². The minimum Gasteiger partial charge on any atom is -0.254 e. The Balaban J connectivity index is 2.01. The van der Waals surface area contributed by atoms with Crippen LogP contribution in [-0.4, -0.2) is 4.21 Å². The van der Waals surface area contributed by atoms with Crippen molar-refractivity contribution in [1.82, 2.24) is 0 Å². The van der Waals surface area contributed by atoms with Crippen molar-refractivity contribution < 1.29 is 30.6 Å². The van der Waals surface area contributed by atoms with Crippen LogP contribution in [0.4, 0.5) is 26.3 Å². The second kappa shape index (κ2) is 7.54. The summed E-state index contributed by atoms with van der Waals surface area (Å²) in [5.41, 5.74) is -2.19. The minimum absolute atomic E-state index is 0.0653. The summed E-state index contributed by atoms with van der Waals surface area (Å²) in [4.78, 5) is 0.404. The molecular weight excluding hydrogens is 402 g/mol. The minimum atomic E-state index is -4.95. The summed E-state index contributed by atoms with van der Waals surface area (Å²) < 4.78 is 91.5. The van der Waals surface area contributed by atoms with Gasteiger partial charge in [-0.1, -0.05) is 17.7 Å². The Morgan fingerprint density at radius 2 is 1.32 bits per heavy atom. The average Bonchev–Trinajstić information content (AvgIpc) is 3.09. The zero-order valence-corrected chi connectivity index (χ0v) is 15.2. The molecule has 1 saturated carbocycles. The molecule has 8 heteroatoms. The van der Waals surface area contributed by atoms with Gasteiger partial charge in [0.15, 0.2) is 0 Å². The van der Waals surface area contributed by atoms with Gasteiger partial charge in [0, 0.05) is 10.8 Å². The number of rotatable bonds is 3. The molecule has 1 atom stereocenters. The normalized spacial score (nSPS) is 17.8. The van der Waals surface area contributed by atoms with Crippen LogP contribution in [0, 0.1) is 37.4 Å². The van der Waals surface area contributed by atoms with Crippen LogP contribution in [0.15, 0.2) is 47.4 Å². The summed E-state index contributed by atoms with van der Waals surface area (Å²) in [6, 6.07) is 8.01. The van der Waals surface area contributed by atoms with Gasteiger partial charge in [-0.05, 0) is 62.1 Å². The monoisotopic (exact) mass is 415 g/mol. The maximum Gasteiger partial charge on any atom is 0.416 e. The summed E-state index contributed by atoms with van der Waals surface area (Å²) in [6.45, 7) is 1.84. The van der Waals surface area contributed by atoms with Gasteiger partial charge < -0.3 is 0 Å². The van der Waals surface area contributed by atoms with Crippen LogP contribution in [0.3, 0.4) is 0 Å². The van der Waals surface area contributed by atoms with Crippen LogP contribution < -0.4 is 0 Å². The van der Waals surface area contributed by atoms with Gasteiger partial charge >= 0.3 is 12.4 Å². The van der Waals surface area contributed by atoms with Crippen molar-refractivity contribution in [2.75, 3.05) is 0 Å². The fourth-order valence-electron chi connectivity index (χ4n) is 2.70. The smallest absolute Gasteiger partial charge is 0.254 e. The standard InChI is InChI=1S/C20H13F6OS/c1-12-5-7-16(8-6-12)28(27)18-4-2-3-17(18)13-9-14(19(21,22)23)11-15(10-13)20(24,25)26/h2-11H,1H3/t28-/m0/s1. The molecule has 0 bridgehead atoms. The molecule has 0 aliphatic heterocycles. The van der Waals surface area contributed by atoms with Crippen LogP contribution in [0.25, 0.3) is 0 Å². The van der Waals surface area contributed by atoms with E-state index >= 15 is 0 Å². The molecule has 2 aromatic rings. The van der Waals surface area contributed by atoms with Crippen molar-refractivity contribution in [3.63, 3.8) is 0 Å². The van der Waals surface area contributed by atoms with Crippen LogP contribution in [0.5, 0.6) is 0 Å².